The molecule has 116 valence electrons. The number of carbonyl (C=O) groups is 2. The maximum atomic E-state index is 12.4. The van der Waals surface area contributed by atoms with Gasteiger partial charge >= 0.3 is 12.1 Å². The van der Waals surface area contributed by atoms with Crippen molar-refractivity contribution in [1.82, 2.24) is 0 Å². The van der Waals surface area contributed by atoms with E-state index < -0.39 is 29.7 Å². The molecule has 0 heterocycles. The van der Waals surface area contributed by atoms with Gasteiger partial charge in [-0.1, -0.05) is 0 Å². The predicted octanol–water partition coefficient (Wildman–Crippen LogP) is 2.22. The molecule has 0 aliphatic rings. The summed E-state index contributed by atoms with van der Waals surface area (Å²) in [4.78, 5) is 22.8. The van der Waals surface area contributed by atoms with E-state index in [0.29, 0.717) is 0 Å². The van der Waals surface area contributed by atoms with Gasteiger partial charge in [-0.3, -0.25) is 4.79 Å². The second kappa shape index (κ2) is 7.07. The molecule has 0 spiro atoms. The van der Waals surface area contributed by atoms with Gasteiger partial charge in [0.2, 0.25) is 0 Å². The summed E-state index contributed by atoms with van der Waals surface area (Å²) in [6, 6.07) is 3.92. The summed E-state index contributed by atoms with van der Waals surface area (Å²) in [6.45, 7) is 1.05. The molecule has 21 heavy (non-hydrogen) atoms. The average Bonchev–Trinajstić information content (AvgIpc) is 2.38. The maximum absolute atomic E-state index is 12.4. The van der Waals surface area contributed by atoms with Crippen molar-refractivity contribution in [3.63, 3.8) is 0 Å². The first-order valence-electron chi connectivity index (χ1n) is 5.90. The van der Waals surface area contributed by atoms with Gasteiger partial charge in [0.15, 0.2) is 6.10 Å². The van der Waals surface area contributed by atoms with E-state index in [1.165, 1.54) is 14.0 Å². The number of hydrogen-bond donors (Lipinski definition) is 1. The van der Waals surface area contributed by atoms with E-state index in [-0.39, 0.29) is 12.3 Å². The van der Waals surface area contributed by atoms with E-state index in [9.17, 15) is 22.8 Å². The minimum Gasteiger partial charge on any atom is -0.451 e. The molecule has 0 radical (unpaired) electrons. The van der Waals surface area contributed by atoms with Crippen molar-refractivity contribution in [2.75, 3.05) is 19.0 Å². The summed E-state index contributed by atoms with van der Waals surface area (Å²) in [5.41, 5.74) is -0.650. The summed E-state index contributed by atoms with van der Waals surface area (Å²) in [6.07, 6.45) is -5.53. The number of nitrogens with one attached hydrogen (secondary N) is 1. The minimum absolute atomic E-state index is 0.169. The van der Waals surface area contributed by atoms with E-state index in [4.69, 9.17) is 4.74 Å². The number of benzene rings is 1. The first-order valence-corrected chi connectivity index (χ1v) is 5.90. The Balaban J connectivity index is 2.60. The number of halogens is 3. The Kier molecular flexibility index (Phi) is 5.71. The fourth-order valence-corrected chi connectivity index (χ4v) is 1.39. The van der Waals surface area contributed by atoms with Crippen LogP contribution < -0.4 is 5.32 Å². The molecule has 0 saturated carbocycles. The van der Waals surface area contributed by atoms with Gasteiger partial charge in [-0.25, -0.2) is 4.79 Å². The van der Waals surface area contributed by atoms with Gasteiger partial charge in [-0.15, -0.1) is 0 Å². The molecule has 5 nitrogen and oxygen atoms in total. The lowest BCUT2D eigenvalue weighted by Crippen LogP contribution is -2.31. The van der Waals surface area contributed by atoms with Crippen LogP contribution in [0, 0.1) is 0 Å². The van der Waals surface area contributed by atoms with Crippen molar-refractivity contribution in [3.05, 3.63) is 29.8 Å². The zero-order chi connectivity index (χ0) is 16.0. The Morgan fingerprint density at radius 2 is 1.81 bits per heavy atom. The Morgan fingerprint density at radius 3 is 2.29 bits per heavy atom. The van der Waals surface area contributed by atoms with Crippen molar-refractivity contribution in [3.8, 4) is 0 Å². The number of rotatable bonds is 5. The van der Waals surface area contributed by atoms with Crippen molar-refractivity contribution >= 4 is 17.6 Å². The summed E-state index contributed by atoms with van der Waals surface area (Å²) >= 11 is 0. The molecule has 0 fully saturated rings. The Labute approximate surface area is 119 Å². The second-order valence-corrected chi connectivity index (χ2v) is 4.13. The maximum Gasteiger partial charge on any atom is 0.416 e. The lowest BCUT2D eigenvalue weighted by Gasteiger charge is -2.13. The normalized spacial score (nSPS) is 12.6. The molecule has 1 aromatic carbocycles. The number of amides is 1. The molecule has 0 aliphatic heterocycles. The predicted molar refractivity (Wildman–Crippen MR) is 67.5 cm³/mol. The van der Waals surface area contributed by atoms with Crippen LogP contribution in [0.25, 0.3) is 0 Å². The smallest absolute Gasteiger partial charge is 0.416 e. The highest BCUT2D eigenvalue weighted by molar-refractivity contribution is 5.95. The van der Waals surface area contributed by atoms with E-state index >= 15 is 0 Å². The molecule has 0 saturated heterocycles. The third-order valence-corrected chi connectivity index (χ3v) is 2.42. The molecule has 1 aromatic rings. The van der Waals surface area contributed by atoms with Crippen LogP contribution in [0.5, 0.6) is 0 Å². The molecule has 0 aromatic heterocycles. The van der Waals surface area contributed by atoms with Crippen LogP contribution in [-0.2, 0) is 25.2 Å². The van der Waals surface area contributed by atoms with Crippen LogP contribution >= 0.6 is 0 Å². The summed E-state index contributed by atoms with van der Waals surface area (Å²) < 4.78 is 46.4. The van der Waals surface area contributed by atoms with Gasteiger partial charge in [0.1, 0.15) is 6.61 Å². The van der Waals surface area contributed by atoms with Crippen LogP contribution in [0.2, 0.25) is 0 Å². The molecule has 0 unspecified atom stereocenters. The molecule has 1 N–H and O–H groups in total. The van der Waals surface area contributed by atoms with Gasteiger partial charge in [0, 0.05) is 12.8 Å². The topological polar surface area (TPSA) is 64.6 Å². The molecule has 8 heteroatoms. The summed E-state index contributed by atoms with van der Waals surface area (Å²) in [7, 11) is 1.30. The number of ether oxygens (including phenoxy) is 2. The SMILES string of the molecule is COCC(=O)O[C@H](C)C(=O)Nc1ccc(C(F)(F)F)cc1. The number of carbonyl (C=O) groups excluding carboxylic acids is 2. The number of methoxy groups -OCH3 is 1. The molecular formula is C13H14F3NO4. The van der Waals surface area contributed by atoms with Crippen molar-refractivity contribution in [2.24, 2.45) is 0 Å². The minimum atomic E-state index is -4.44. The molecule has 1 amide bonds. The first kappa shape index (κ1) is 17.0. The van der Waals surface area contributed by atoms with Crippen LogP contribution in [-0.4, -0.2) is 31.7 Å². The summed E-state index contributed by atoms with van der Waals surface area (Å²) in [5, 5.41) is 2.34. The van der Waals surface area contributed by atoms with Gasteiger partial charge in [-0.2, -0.15) is 13.2 Å². The number of anilines is 1. The standard InChI is InChI=1S/C13H14F3NO4/c1-8(21-11(18)7-20-2)12(19)17-10-5-3-9(4-6-10)13(14,15)16/h3-6,8H,7H2,1-2H3,(H,17,19)/t8-/m1/s1. The zero-order valence-electron chi connectivity index (χ0n) is 11.4. The fraction of sp³-hybridized carbons (Fsp3) is 0.385. The highest BCUT2D eigenvalue weighted by atomic mass is 19.4. The number of esters is 1. The van der Waals surface area contributed by atoms with Crippen molar-refractivity contribution < 1.29 is 32.2 Å². The highest BCUT2D eigenvalue weighted by Crippen LogP contribution is 2.29. The lowest BCUT2D eigenvalue weighted by atomic mass is 10.2. The molecular weight excluding hydrogens is 291 g/mol. The van der Waals surface area contributed by atoms with Crippen molar-refractivity contribution in [1.29, 1.82) is 0 Å². The van der Waals surface area contributed by atoms with Gasteiger partial charge in [0.25, 0.3) is 5.91 Å². The molecule has 0 bridgehead atoms. The van der Waals surface area contributed by atoms with Crippen LogP contribution in [0.3, 0.4) is 0 Å². The third-order valence-electron chi connectivity index (χ3n) is 2.42. The van der Waals surface area contributed by atoms with E-state index in [0.717, 1.165) is 24.3 Å². The van der Waals surface area contributed by atoms with Crippen LogP contribution in [0.1, 0.15) is 12.5 Å². The number of alkyl halides is 3. The summed E-state index contributed by atoms with van der Waals surface area (Å²) in [5.74, 6) is -1.37. The van der Waals surface area contributed by atoms with Gasteiger partial charge < -0.3 is 14.8 Å². The van der Waals surface area contributed by atoms with E-state index in [1.807, 2.05) is 0 Å². The monoisotopic (exact) mass is 305 g/mol. The van der Waals surface area contributed by atoms with Gasteiger partial charge in [-0.05, 0) is 31.2 Å². The van der Waals surface area contributed by atoms with E-state index in [2.05, 4.69) is 10.1 Å². The molecule has 0 aliphatic carbocycles. The van der Waals surface area contributed by atoms with Gasteiger partial charge in [0.05, 0.1) is 5.56 Å². The molecule has 1 rings (SSSR count). The van der Waals surface area contributed by atoms with Crippen molar-refractivity contribution in [2.45, 2.75) is 19.2 Å². The third kappa shape index (κ3) is 5.42. The van der Waals surface area contributed by atoms with Crippen LogP contribution in [0.15, 0.2) is 24.3 Å². The largest absolute Gasteiger partial charge is 0.451 e. The fourth-order valence-electron chi connectivity index (χ4n) is 1.39. The van der Waals surface area contributed by atoms with Crippen LogP contribution in [0.4, 0.5) is 18.9 Å². The zero-order valence-corrected chi connectivity index (χ0v) is 11.4. The average molecular weight is 305 g/mol. The number of hydrogen-bond acceptors (Lipinski definition) is 4. The Bertz CT molecular complexity index is 499. The molecule has 1 atom stereocenters. The Morgan fingerprint density at radius 1 is 1.24 bits per heavy atom. The quantitative estimate of drug-likeness (QED) is 0.847. The lowest BCUT2D eigenvalue weighted by molar-refractivity contribution is -0.156. The second-order valence-electron chi connectivity index (χ2n) is 4.13. The Hall–Kier alpha value is -2.09. The van der Waals surface area contributed by atoms with E-state index in [1.54, 1.807) is 0 Å². The first-order chi connectivity index (χ1) is 9.74. The highest BCUT2D eigenvalue weighted by Gasteiger charge is 2.30.